The molecule has 0 atom stereocenters. The molecular weight excluding hydrogens is 346 g/mol. The number of fused-ring (bicyclic) bond motifs is 1. The van der Waals surface area contributed by atoms with Crippen LogP contribution >= 0.6 is 23.1 Å². The van der Waals surface area contributed by atoms with Crippen molar-refractivity contribution >= 4 is 45.1 Å². The molecule has 126 valence electrons. The summed E-state index contributed by atoms with van der Waals surface area (Å²) in [4.78, 5) is 23.3. The summed E-state index contributed by atoms with van der Waals surface area (Å²) in [6, 6.07) is 1.91. The fourth-order valence-electron chi connectivity index (χ4n) is 2.34. The number of thioether (sulfide) groups is 1. The SMILES string of the molecule is CCOC(=O)c1sc2nc(CSc3ccoc3C)nc(N)c2c1C. The Labute approximate surface area is 147 Å². The molecule has 3 aromatic heterocycles. The molecule has 24 heavy (non-hydrogen) atoms. The number of thiophene rings is 1. The number of hydrogen-bond acceptors (Lipinski definition) is 8. The third-order valence-electron chi connectivity index (χ3n) is 3.49. The Morgan fingerprint density at radius 2 is 2.21 bits per heavy atom. The fraction of sp³-hybridized carbons (Fsp3) is 0.312. The Bertz CT molecular complexity index is 901. The zero-order valence-electron chi connectivity index (χ0n) is 13.6. The van der Waals surface area contributed by atoms with E-state index in [1.54, 1.807) is 24.9 Å². The van der Waals surface area contributed by atoms with Gasteiger partial charge in [0.05, 0.1) is 24.0 Å². The number of aryl methyl sites for hydroxylation is 2. The maximum Gasteiger partial charge on any atom is 0.348 e. The van der Waals surface area contributed by atoms with Crippen molar-refractivity contribution in [1.29, 1.82) is 0 Å². The standard InChI is InChI=1S/C16H17N3O3S2/c1-4-21-16(20)13-8(2)12-14(17)18-11(19-15(12)24-13)7-23-10-5-6-22-9(10)3/h5-6H,4,7H2,1-3H3,(H2,17,18,19). The Hall–Kier alpha value is -2.06. The number of aromatic nitrogens is 2. The van der Waals surface area contributed by atoms with Crippen LogP contribution in [0.1, 0.15) is 33.7 Å². The highest BCUT2D eigenvalue weighted by Crippen LogP contribution is 2.34. The van der Waals surface area contributed by atoms with Gasteiger partial charge in [0.25, 0.3) is 0 Å². The first-order valence-electron chi connectivity index (χ1n) is 7.40. The molecule has 0 aliphatic carbocycles. The van der Waals surface area contributed by atoms with Gasteiger partial charge in [-0.05, 0) is 32.4 Å². The van der Waals surface area contributed by atoms with E-state index < -0.39 is 0 Å². The predicted octanol–water partition coefficient (Wildman–Crippen LogP) is 3.95. The number of nitrogens with zero attached hydrogens (tertiary/aromatic N) is 2. The highest BCUT2D eigenvalue weighted by molar-refractivity contribution is 7.98. The summed E-state index contributed by atoms with van der Waals surface area (Å²) >= 11 is 2.88. The van der Waals surface area contributed by atoms with Crippen molar-refractivity contribution in [1.82, 2.24) is 9.97 Å². The van der Waals surface area contributed by atoms with Crippen LogP contribution in [0.3, 0.4) is 0 Å². The second-order valence-corrected chi connectivity index (χ2v) is 7.13. The first-order valence-corrected chi connectivity index (χ1v) is 9.21. The maximum absolute atomic E-state index is 12.0. The van der Waals surface area contributed by atoms with Crippen LogP contribution in [0.4, 0.5) is 5.82 Å². The summed E-state index contributed by atoms with van der Waals surface area (Å²) in [5, 5.41) is 0.733. The average Bonchev–Trinajstić information content (AvgIpc) is 3.09. The van der Waals surface area contributed by atoms with Crippen molar-refractivity contribution in [2.75, 3.05) is 12.3 Å². The molecule has 3 aromatic rings. The van der Waals surface area contributed by atoms with Crippen molar-refractivity contribution in [2.45, 2.75) is 31.4 Å². The largest absolute Gasteiger partial charge is 0.468 e. The minimum Gasteiger partial charge on any atom is -0.468 e. The minimum atomic E-state index is -0.345. The van der Waals surface area contributed by atoms with E-state index in [1.165, 1.54) is 11.3 Å². The Morgan fingerprint density at radius 3 is 2.88 bits per heavy atom. The van der Waals surface area contributed by atoms with E-state index in [2.05, 4.69) is 9.97 Å². The maximum atomic E-state index is 12.0. The van der Waals surface area contributed by atoms with Gasteiger partial charge in [-0.15, -0.1) is 23.1 Å². The molecule has 0 aliphatic rings. The van der Waals surface area contributed by atoms with Gasteiger partial charge in [0, 0.05) is 4.90 Å². The second kappa shape index (κ2) is 6.82. The highest BCUT2D eigenvalue weighted by Gasteiger charge is 2.20. The van der Waals surface area contributed by atoms with Gasteiger partial charge in [-0.3, -0.25) is 0 Å². The molecule has 0 saturated carbocycles. The topological polar surface area (TPSA) is 91.2 Å². The monoisotopic (exact) mass is 363 g/mol. The summed E-state index contributed by atoms with van der Waals surface area (Å²) in [5.41, 5.74) is 6.87. The molecule has 0 saturated heterocycles. The fourth-order valence-corrected chi connectivity index (χ4v) is 4.26. The van der Waals surface area contributed by atoms with E-state index in [0.717, 1.165) is 21.6 Å². The summed E-state index contributed by atoms with van der Waals surface area (Å²) in [5.74, 6) is 2.12. The number of nitrogen functional groups attached to an aromatic ring is 1. The number of carbonyl (C=O) groups is 1. The van der Waals surface area contributed by atoms with Gasteiger partial charge in [-0.2, -0.15) is 0 Å². The lowest BCUT2D eigenvalue weighted by molar-refractivity contribution is 0.0531. The minimum absolute atomic E-state index is 0.333. The molecule has 0 aliphatic heterocycles. The predicted molar refractivity (Wildman–Crippen MR) is 95.5 cm³/mol. The Kier molecular flexibility index (Phi) is 4.77. The smallest absolute Gasteiger partial charge is 0.348 e. The van der Waals surface area contributed by atoms with Crippen LogP contribution in [0.25, 0.3) is 10.2 Å². The molecule has 0 spiro atoms. The van der Waals surface area contributed by atoms with Gasteiger partial charge < -0.3 is 14.9 Å². The quantitative estimate of drug-likeness (QED) is 0.542. The normalized spacial score (nSPS) is 11.1. The molecular formula is C16H17N3O3S2. The number of nitrogens with two attached hydrogens (primary N) is 1. The van der Waals surface area contributed by atoms with Gasteiger partial charge in [-0.25, -0.2) is 14.8 Å². The number of esters is 1. The third kappa shape index (κ3) is 3.11. The zero-order chi connectivity index (χ0) is 17.3. The molecule has 8 heteroatoms. The van der Waals surface area contributed by atoms with E-state index in [4.69, 9.17) is 14.9 Å². The van der Waals surface area contributed by atoms with E-state index >= 15 is 0 Å². The highest BCUT2D eigenvalue weighted by atomic mass is 32.2. The molecule has 6 nitrogen and oxygen atoms in total. The van der Waals surface area contributed by atoms with Crippen LogP contribution < -0.4 is 5.73 Å². The Morgan fingerprint density at radius 1 is 1.42 bits per heavy atom. The number of ether oxygens (including phenoxy) is 1. The molecule has 0 radical (unpaired) electrons. The first kappa shape index (κ1) is 16.8. The summed E-state index contributed by atoms with van der Waals surface area (Å²) in [6.07, 6.45) is 1.66. The lowest BCUT2D eigenvalue weighted by Crippen LogP contribution is -2.03. The zero-order valence-corrected chi connectivity index (χ0v) is 15.2. The van der Waals surface area contributed by atoms with Gasteiger partial charge >= 0.3 is 5.97 Å². The van der Waals surface area contributed by atoms with Crippen molar-refractivity contribution in [3.8, 4) is 0 Å². The number of furan rings is 1. The Balaban J connectivity index is 1.92. The molecule has 0 bridgehead atoms. The third-order valence-corrected chi connectivity index (χ3v) is 5.80. The lowest BCUT2D eigenvalue weighted by atomic mass is 10.2. The van der Waals surface area contributed by atoms with E-state index in [-0.39, 0.29) is 5.97 Å². The average molecular weight is 363 g/mol. The van der Waals surface area contributed by atoms with Crippen LogP contribution in [0, 0.1) is 13.8 Å². The van der Waals surface area contributed by atoms with Crippen LogP contribution in [0.5, 0.6) is 0 Å². The number of hydrogen-bond donors (Lipinski definition) is 1. The molecule has 3 heterocycles. The van der Waals surface area contributed by atoms with Crippen LogP contribution in [0.15, 0.2) is 21.6 Å². The van der Waals surface area contributed by atoms with Gasteiger partial charge in [0.15, 0.2) is 0 Å². The van der Waals surface area contributed by atoms with E-state index in [0.29, 0.717) is 33.7 Å². The van der Waals surface area contributed by atoms with Crippen molar-refractivity contribution in [2.24, 2.45) is 0 Å². The molecule has 0 amide bonds. The van der Waals surface area contributed by atoms with Crippen LogP contribution in [-0.4, -0.2) is 22.5 Å². The molecule has 0 unspecified atom stereocenters. The molecule has 2 N–H and O–H groups in total. The first-order chi connectivity index (χ1) is 11.5. The number of anilines is 1. The second-order valence-electron chi connectivity index (χ2n) is 5.11. The molecule has 3 rings (SSSR count). The summed E-state index contributed by atoms with van der Waals surface area (Å²) in [7, 11) is 0. The summed E-state index contributed by atoms with van der Waals surface area (Å²) < 4.78 is 10.4. The van der Waals surface area contributed by atoms with Crippen molar-refractivity contribution in [3.63, 3.8) is 0 Å². The van der Waals surface area contributed by atoms with E-state index in [9.17, 15) is 4.79 Å². The van der Waals surface area contributed by atoms with Gasteiger partial charge in [-0.1, -0.05) is 0 Å². The van der Waals surface area contributed by atoms with Crippen LogP contribution in [-0.2, 0) is 10.5 Å². The number of rotatable bonds is 5. The molecule has 0 fully saturated rings. The molecule has 0 aromatic carbocycles. The number of carbonyl (C=O) groups excluding carboxylic acids is 1. The van der Waals surface area contributed by atoms with Crippen molar-refractivity contribution < 1.29 is 13.9 Å². The van der Waals surface area contributed by atoms with E-state index in [1.807, 2.05) is 19.9 Å². The van der Waals surface area contributed by atoms with Gasteiger partial charge in [0.2, 0.25) is 0 Å². The van der Waals surface area contributed by atoms with Crippen LogP contribution in [0.2, 0.25) is 0 Å². The lowest BCUT2D eigenvalue weighted by Gasteiger charge is -2.03. The summed E-state index contributed by atoms with van der Waals surface area (Å²) in [6.45, 7) is 5.87. The van der Waals surface area contributed by atoms with Crippen molar-refractivity contribution in [3.05, 3.63) is 34.4 Å². The van der Waals surface area contributed by atoms with Gasteiger partial charge in [0.1, 0.15) is 27.1 Å².